The average molecular weight is 383 g/mol. The fourth-order valence-electron chi connectivity index (χ4n) is 2.67. The van der Waals surface area contributed by atoms with Crippen LogP contribution in [0.1, 0.15) is 18.9 Å². The van der Waals surface area contributed by atoms with Gasteiger partial charge in [-0.1, -0.05) is 24.6 Å². The second kappa shape index (κ2) is 10.2. The van der Waals surface area contributed by atoms with E-state index in [9.17, 15) is 4.79 Å². The van der Waals surface area contributed by atoms with Gasteiger partial charge in [-0.25, -0.2) is 0 Å². The Morgan fingerprint density at radius 1 is 1.48 bits per heavy atom. The Bertz CT molecular complexity index is 513. The number of nitrogens with two attached hydrogens (primary N) is 1. The number of nitrogens with zero attached hydrogens (tertiary/aromatic N) is 1. The van der Waals surface area contributed by atoms with E-state index in [1.165, 1.54) is 11.3 Å². The van der Waals surface area contributed by atoms with Crippen molar-refractivity contribution in [2.75, 3.05) is 31.1 Å². The number of carbonyl (C=O) groups is 1. The van der Waals surface area contributed by atoms with Gasteiger partial charge >= 0.3 is 0 Å². The maximum absolute atomic E-state index is 11.8. The highest BCUT2D eigenvalue weighted by Crippen LogP contribution is 2.29. The molecular weight excluding hydrogens is 357 g/mol. The second-order valence-electron chi connectivity index (χ2n) is 5.91. The largest absolute Gasteiger partial charge is 0.371 e. The third-order valence-corrected chi connectivity index (χ3v) is 4.40. The van der Waals surface area contributed by atoms with Crippen LogP contribution in [0.15, 0.2) is 18.2 Å². The Morgan fingerprint density at radius 3 is 2.83 bits per heavy atom. The summed E-state index contributed by atoms with van der Waals surface area (Å²) in [5.41, 5.74) is 7.94. The van der Waals surface area contributed by atoms with Crippen LogP contribution < -0.4 is 16.0 Å². The van der Waals surface area contributed by atoms with Crippen LogP contribution in [-0.4, -0.2) is 32.1 Å². The molecule has 0 aromatic heterocycles. The van der Waals surface area contributed by atoms with Crippen LogP contribution in [-0.2, 0) is 4.79 Å². The molecule has 1 aliphatic heterocycles. The summed E-state index contributed by atoms with van der Waals surface area (Å²) in [4.78, 5) is 14.1. The van der Waals surface area contributed by atoms with E-state index in [4.69, 9.17) is 17.3 Å². The number of hydrogen-bond acceptors (Lipinski definition) is 3. The molecule has 1 saturated heterocycles. The molecule has 2 rings (SSSR count). The van der Waals surface area contributed by atoms with Crippen LogP contribution in [0.3, 0.4) is 0 Å². The van der Waals surface area contributed by atoms with Gasteiger partial charge < -0.3 is 16.0 Å². The Balaban J connectivity index is 0.00000242. The van der Waals surface area contributed by atoms with Gasteiger partial charge in [-0.15, -0.1) is 24.8 Å². The Kier molecular flexibility index (Phi) is 9.94. The molecule has 4 nitrogen and oxygen atoms in total. The first-order valence-corrected chi connectivity index (χ1v) is 7.88. The maximum Gasteiger partial charge on any atom is 0.224 e. The zero-order valence-corrected chi connectivity index (χ0v) is 15.9. The third kappa shape index (κ3) is 6.03. The number of nitrogens with one attached hydrogen (secondary N) is 1. The van der Waals surface area contributed by atoms with Crippen molar-refractivity contribution in [2.24, 2.45) is 17.6 Å². The average Bonchev–Trinajstić information content (AvgIpc) is 2.95. The summed E-state index contributed by atoms with van der Waals surface area (Å²) < 4.78 is 0. The fourth-order valence-corrected chi connectivity index (χ4v) is 2.83. The molecule has 1 amide bonds. The van der Waals surface area contributed by atoms with E-state index in [0.29, 0.717) is 12.5 Å². The van der Waals surface area contributed by atoms with Crippen molar-refractivity contribution < 1.29 is 4.79 Å². The quantitative estimate of drug-likeness (QED) is 0.823. The lowest BCUT2D eigenvalue weighted by Gasteiger charge is -2.21. The van der Waals surface area contributed by atoms with Crippen molar-refractivity contribution in [2.45, 2.75) is 20.3 Å². The summed E-state index contributed by atoms with van der Waals surface area (Å²) in [6.07, 6.45) is 1.09. The standard InChI is InChI=1S/C16H24ClN3O.2ClH/c1-11-3-4-14(17)7-15(11)20-6-5-13(10-20)9-19-16(21)12(2)8-18;;/h3-4,7,12-13H,5-6,8-10,18H2,1-2H3,(H,19,21);2*1H. The lowest BCUT2D eigenvalue weighted by Crippen LogP contribution is -2.37. The van der Waals surface area contributed by atoms with Gasteiger partial charge in [-0.05, 0) is 37.0 Å². The number of rotatable bonds is 5. The maximum atomic E-state index is 11.8. The first-order valence-electron chi connectivity index (χ1n) is 7.50. The van der Waals surface area contributed by atoms with Gasteiger partial charge in [0.25, 0.3) is 0 Å². The van der Waals surface area contributed by atoms with Gasteiger partial charge in [0.2, 0.25) is 5.91 Å². The molecule has 7 heteroatoms. The van der Waals surface area contributed by atoms with Gasteiger partial charge in [0.1, 0.15) is 0 Å². The first kappa shape index (κ1) is 22.3. The van der Waals surface area contributed by atoms with E-state index in [0.717, 1.165) is 31.1 Å². The van der Waals surface area contributed by atoms with Crippen molar-refractivity contribution in [1.29, 1.82) is 0 Å². The first-order chi connectivity index (χ1) is 10.0. The summed E-state index contributed by atoms with van der Waals surface area (Å²) in [6, 6.07) is 5.99. The molecule has 132 valence electrons. The van der Waals surface area contributed by atoms with E-state index in [1.54, 1.807) is 0 Å². The monoisotopic (exact) mass is 381 g/mol. The molecule has 1 heterocycles. The molecular formula is C16H26Cl3N3O. The molecule has 1 fully saturated rings. The summed E-state index contributed by atoms with van der Waals surface area (Å²) in [7, 11) is 0. The summed E-state index contributed by atoms with van der Waals surface area (Å²) in [5, 5.41) is 3.77. The van der Waals surface area contributed by atoms with Crippen LogP contribution >= 0.6 is 36.4 Å². The molecule has 3 N–H and O–H groups in total. The minimum atomic E-state index is -0.113. The molecule has 1 aromatic carbocycles. The lowest BCUT2D eigenvalue weighted by atomic mass is 10.1. The number of halogens is 3. The van der Waals surface area contributed by atoms with Gasteiger partial charge in [0.05, 0.1) is 0 Å². The number of anilines is 1. The van der Waals surface area contributed by atoms with Gasteiger partial charge in [0.15, 0.2) is 0 Å². The van der Waals surface area contributed by atoms with E-state index in [-0.39, 0.29) is 36.6 Å². The van der Waals surface area contributed by atoms with E-state index >= 15 is 0 Å². The predicted octanol–water partition coefficient (Wildman–Crippen LogP) is 3.03. The summed E-state index contributed by atoms with van der Waals surface area (Å²) in [6.45, 7) is 7.03. The lowest BCUT2D eigenvalue weighted by molar-refractivity contribution is -0.124. The minimum Gasteiger partial charge on any atom is -0.371 e. The normalized spacial score (nSPS) is 17.9. The fraction of sp³-hybridized carbons (Fsp3) is 0.562. The van der Waals surface area contributed by atoms with Crippen LogP contribution in [0.2, 0.25) is 5.02 Å². The highest BCUT2D eigenvalue weighted by molar-refractivity contribution is 6.30. The number of amides is 1. The molecule has 2 atom stereocenters. The molecule has 1 aromatic rings. The smallest absolute Gasteiger partial charge is 0.224 e. The molecule has 0 spiro atoms. The van der Waals surface area contributed by atoms with Crippen molar-refractivity contribution in [3.63, 3.8) is 0 Å². The molecule has 0 saturated carbocycles. The molecule has 0 bridgehead atoms. The van der Waals surface area contributed by atoms with Crippen LogP contribution in [0.5, 0.6) is 0 Å². The van der Waals surface area contributed by atoms with Crippen LogP contribution in [0.25, 0.3) is 0 Å². The van der Waals surface area contributed by atoms with Gasteiger partial charge in [0, 0.05) is 42.8 Å². The Labute approximate surface area is 155 Å². The van der Waals surface area contributed by atoms with Crippen molar-refractivity contribution in [3.05, 3.63) is 28.8 Å². The molecule has 0 radical (unpaired) electrons. The van der Waals surface area contributed by atoms with Crippen molar-refractivity contribution >= 4 is 48.0 Å². The number of aryl methyl sites for hydroxylation is 1. The Hall–Kier alpha value is -0.680. The third-order valence-electron chi connectivity index (χ3n) is 4.16. The highest BCUT2D eigenvalue weighted by Gasteiger charge is 2.24. The zero-order chi connectivity index (χ0) is 15.4. The minimum absolute atomic E-state index is 0. The zero-order valence-electron chi connectivity index (χ0n) is 13.5. The Morgan fingerprint density at radius 2 is 2.17 bits per heavy atom. The van der Waals surface area contributed by atoms with Gasteiger partial charge in [-0.3, -0.25) is 4.79 Å². The van der Waals surface area contributed by atoms with Crippen LogP contribution in [0.4, 0.5) is 5.69 Å². The molecule has 1 aliphatic rings. The van der Waals surface area contributed by atoms with Crippen LogP contribution in [0, 0.1) is 18.8 Å². The van der Waals surface area contributed by atoms with E-state index in [1.807, 2.05) is 19.1 Å². The molecule has 0 aliphatic carbocycles. The van der Waals surface area contributed by atoms with Gasteiger partial charge in [-0.2, -0.15) is 0 Å². The van der Waals surface area contributed by atoms with Crippen molar-refractivity contribution in [1.82, 2.24) is 5.32 Å². The number of benzene rings is 1. The highest BCUT2D eigenvalue weighted by atomic mass is 35.5. The number of carbonyl (C=O) groups excluding carboxylic acids is 1. The molecule has 2 unspecified atom stereocenters. The second-order valence-corrected chi connectivity index (χ2v) is 6.35. The predicted molar refractivity (Wildman–Crippen MR) is 102 cm³/mol. The summed E-state index contributed by atoms with van der Waals surface area (Å²) >= 11 is 6.09. The topological polar surface area (TPSA) is 58.4 Å². The van der Waals surface area contributed by atoms with E-state index < -0.39 is 0 Å². The SMILES string of the molecule is Cc1ccc(Cl)cc1N1CCC(CNC(=O)C(C)CN)C1.Cl.Cl. The number of hydrogen-bond donors (Lipinski definition) is 2. The van der Waals surface area contributed by atoms with Crippen molar-refractivity contribution in [3.8, 4) is 0 Å². The summed E-state index contributed by atoms with van der Waals surface area (Å²) in [5.74, 6) is 0.421. The molecule has 23 heavy (non-hydrogen) atoms. The van der Waals surface area contributed by atoms with E-state index in [2.05, 4.69) is 23.2 Å².